The lowest BCUT2D eigenvalue weighted by Crippen LogP contribution is -2.11. The Balaban J connectivity index is 2.31. The molecule has 0 aromatic heterocycles. The Morgan fingerprint density at radius 3 is 2.55 bits per heavy atom. The van der Waals surface area contributed by atoms with E-state index in [9.17, 15) is 4.39 Å². The highest BCUT2D eigenvalue weighted by Gasteiger charge is 2.14. The van der Waals surface area contributed by atoms with E-state index >= 15 is 0 Å². The first-order chi connectivity index (χ1) is 9.51. The predicted molar refractivity (Wildman–Crippen MR) is 84.3 cm³/mol. The van der Waals surface area contributed by atoms with Gasteiger partial charge in [0.15, 0.2) is 0 Å². The van der Waals surface area contributed by atoms with Crippen molar-refractivity contribution in [1.29, 1.82) is 0 Å². The topological polar surface area (TPSA) is 12.0 Å². The molecule has 4 heteroatoms. The van der Waals surface area contributed by atoms with Crippen LogP contribution in [0.3, 0.4) is 0 Å². The van der Waals surface area contributed by atoms with Gasteiger partial charge in [-0.25, -0.2) is 4.39 Å². The van der Waals surface area contributed by atoms with Gasteiger partial charge in [-0.1, -0.05) is 42.3 Å². The van der Waals surface area contributed by atoms with Crippen molar-refractivity contribution in [2.75, 3.05) is 5.32 Å². The number of halogens is 3. The molecule has 2 aromatic rings. The quantitative estimate of drug-likeness (QED) is 0.729. The molecule has 0 amide bonds. The number of nitrogens with one attached hydrogen (secondary N) is 1. The maximum Gasteiger partial charge on any atom is 0.125 e. The van der Waals surface area contributed by atoms with Gasteiger partial charge in [0, 0.05) is 15.7 Å². The highest BCUT2D eigenvalue weighted by atomic mass is 35.5. The Hall–Kier alpha value is -1.25. The van der Waals surface area contributed by atoms with Crippen molar-refractivity contribution in [1.82, 2.24) is 0 Å². The summed E-state index contributed by atoms with van der Waals surface area (Å²) in [4.78, 5) is 0. The molecule has 2 aromatic carbocycles. The van der Waals surface area contributed by atoms with E-state index in [0.29, 0.717) is 10.0 Å². The lowest BCUT2D eigenvalue weighted by molar-refractivity contribution is 0.627. The Morgan fingerprint density at radius 2 is 1.90 bits per heavy atom. The first kappa shape index (κ1) is 15.1. The molecule has 106 valence electrons. The highest BCUT2D eigenvalue weighted by molar-refractivity contribution is 6.35. The Labute approximate surface area is 128 Å². The number of benzene rings is 2. The van der Waals surface area contributed by atoms with Crippen LogP contribution in [0.4, 0.5) is 10.1 Å². The molecule has 0 saturated carbocycles. The van der Waals surface area contributed by atoms with Crippen molar-refractivity contribution in [3.05, 3.63) is 63.4 Å². The van der Waals surface area contributed by atoms with Crippen LogP contribution < -0.4 is 5.32 Å². The van der Waals surface area contributed by atoms with Crippen LogP contribution in [-0.4, -0.2) is 0 Å². The molecule has 20 heavy (non-hydrogen) atoms. The number of hydrogen-bond acceptors (Lipinski definition) is 1. The molecule has 0 radical (unpaired) electrons. The van der Waals surface area contributed by atoms with Crippen LogP contribution in [-0.2, 0) is 0 Å². The SMILES string of the molecule is CCC(Nc1cc(F)ccc1C)c1ccc(Cl)cc1Cl. The van der Waals surface area contributed by atoms with Gasteiger partial charge in [0.1, 0.15) is 5.82 Å². The van der Waals surface area contributed by atoms with Crippen LogP contribution in [0.1, 0.15) is 30.5 Å². The largest absolute Gasteiger partial charge is 0.378 e. The number of hydrogen-bond donors (Lipinski definition) is 1. The molecule has 1 atom stereocenters. The molecule has 0 aliphatic rings. The van der Waals surface area contributed by atoms with Gasteiger partial charge in [0.05, 0.1) is 6.04 Å². The maximum absolute atomic E-state index is 13.4. The minimum absolute atomic E-state index is 0.0141. The van der Waals surface area contributed by atoms with Crippen molar-refractivity contribution in [3.63, 3.8) is 0 Å². The summed E-state index contributed by atoms with van der Waals surface area (Å²) in [6.45, 7) is 4.00. The van der Waals surface area contributed by atoms with Gasteiger partial charge in [0.2, 0.25) is 0 Å². The van der Waals surface area contributed by atoms with Gasteiger partial charge in [-0.15, -0.1) is 0 Å². The van der Waals surface area contributed by atoms with Crippen molar-refractivity contribution >= 4 is 28.9 Å². The summed E-state index contributed by atoms with van der Waals surface area (Å²) in [5.41, 5.74) is 2.74. The van der Waals surface area contributed by atoms with Gasteiger partial charge >= 0.3 is 0 Å². The summed E-state index contributed by atoms with van der Waals surface area (Å²) in [7, 11) is 0. The zero-order chi connectivity index (χ0) is 14.7. The second-order valence-electron chi connectivity index (χ2n) is 4.73. The molecule has 1 unspecified atom stereocenters. The van der Waals surface area contributed by atoms with Crippen LogP contribution in [0, 0.1) is 12.7 Å². The third-order valence-electron chi connectivity index (χ3n) is 3.28. The van der Waals surface area contributed by atoms with E-state index in [1.54, 1.807) is 12.1 Å². The summed E-state index contributed by atoms with van der Waals surface area (Å²) in [6.07, 6.45) is 0.831. The van der Waals surface area contributed by atoms with E-state index in [2.05, 4.69) is 12.2 Å². The fourth-order valence-electron chi connectivity index (χ4n) is 2.12. The molecule has 0 fully saturated rings. The zero-order valence-corrected chi connectivity index (χ0v) is 12.9. The van der Waals surface area contributed by atoms with Gasteiger partial charge < -0.3 is 5.32 Å². The smallest absolute Gasteiger partial charge is 0.125 e. The first-order valence-electron chi connectivity index (χ1n) is 6.49. The minimum Gasteiger partial charge on any atom is -0.378 e. The van der Waals surface area contributed by atoms with Gasteiger partial charge in [-0.05, 0) is 48.7 Å². The second kappa shape index (κ2) is 6.47. The van der Waals surface area contributed by atoms with Crippen molar-refractivity contribution in [2.45, 2.75) is 26.3 Å². The summed E-state index contributed by atoms with van der Waals surface area (Å²) >= 11 is 12.2. The maximum atomic E-state index is 13.4. The molecular weight excluding hydrogens is 296 g/mol. The molecule has 0 saturated heterocycles. The normalized spacial score (nSPS) is 12.2. The van der Waals surface area contributed by atoms with Gasteiger partial charge in [-0.2, -0.15) is 0 Å². The van der Waals surface area contributed by atoms with Gasteiger partial charge in [0.25, 0.3) is 0 Å². The van der Waals surface area contributed by atoms with Crippen molar-refractivity contribution < 1.29 is 4.39 Å². The third kappa shape index (κ3) is 3.44. The van der Waals surface area contributed by atoms with Crippen LogP contribution in [0.5, 0.6) is 0 Å². The first-order valence-corrected chi connectivity index (χ1v) is 7.24. The second-order valence-corrected chi connectivity index (χ2v) is 5.57. The standard InChI is InChI=1S/C16H16Cl2FN/c1-3-15(13-7-5-11(17)8-14(13)18)20-16-9-12(19)6-4-10(16)2/h4-9,15,20H,3H2,1-2H3. The molecule has 1 N–H and O–H groups in total. The minimum atomic E-state index is -0.254. The molecule has 1 nitrogen and oxygen atoms in total. The highest BCUT2D eigenvalue weighted by Crippen LogP contribution is 2.31. The van der Waals surface area contributed by atoms with Crippen molar-refractivity contribution in [3.8, 4) is 0 Å². The molecule has 2 rings (SSSR count). The van der Waals surface area contributed by atoms with Crippen molar-refractivity contribution in [2.24, 2.45) is 0 Å². The average molecular weight is 312 g/mol. The third-order valence-corrected chi connectivity index (χ3v) is 3.84. The summed E-state index contributed by atoms with van der Waals surface area (Å²) < 4.78 is 13.4. The lowest BCUT2D eigenvalue weighted by atomic mass is 10.0. The molecule has 0 aliphatic carbocycles. The molecule has 0 bridgehead atoms. The fourth-order valence-corrected chi connectivity index (χ4v) is 2.66. The summed E-state index contributed by atoms with van der Waals surface area (Å²) in [5, 5.41) is 4.57. The van der Waals surface area contributed by atoms with Gasteiger partial charge in [-0.3, -0.25) is 0 Å². The average Bonchev–Trinajstić information content (AvgIpc) is 2.40. The zero-order valence-electron chi connectivity index (χ0n) is 11.4. The number of rotatable bonds is 4. The summed E-state index contributed by atoms with van der Waals surface area (Å²) in [5.74, 6) is -0.254. The van der Waals surface area contributed by atoms with Crippen LogP contribution in [0.25, 0.3) is 0 Å². The van der Waals surface area contributed by atoms with E-state index in [4.69, 9.17) is 23.2 Å². The molecular formula is C16H16Cl2FN. The van der Waals surface area contributed by atoms with E-state index < -0.39 is 0 Å². The van der Waals surface area contributed by atoms with Crippen LogP contribution in [0.2, 0.25) is 10.0 Å². The molecule has 0 aliphatic heterocycles. The van der Waals surface area contributed by atoms with E-state index in [0.717, 1.165) is 23.2 Å². The fraction of sp³-hybridized carbons (Fsp3) is 0.250. The Bertz CT molecular complexity index is 613. The monoisotopic (exact) mass is 311 g/mol. The lowest BCUT2D eigenvalue weighted by Gasteiger charge is -2.21. The molecule has 0 heterocycles. The predicted octanol–water partition coefficient (Wildman–Crippen LogP) is 6.00. The summed E-state index contributed by atoms with van der Waals surface area (Å²) in [6, 6.07) is 10.2. The number of anilines is 1. The van der Waals surface area contributed by atoms with E-state index in [1.807, 2.05) is 19.1 Å². The Morgan fingerprint density at radius 1 is 1.15 bits per heavy atom. The van der Waals surface area contributed by atoms with Crippen LogP contribution in [0.15, 0.2) is 36.4 Å². The number of aryl methyl sites for hydroxylation is 1. The molecule has 0 spiro atoms. The van der Waals surface area contributed by atoms with Crippen LogP contribution >= 0.6 is 23.2 Å². The Kier molecular flexibility index (Phi) is 4.90. The van der Waals surface area contributed by atoms with E-state index in [-0.39, 0.29) is 11.9 Å². The van der Waals surface area contributed by atoms with E-state index in [1.165, 1.54) is 12.1 Å².